The van der Waals surface area contributed by atoms with Gasteiger partial charge in [0.2, 0.25) is 0 Å². The Bertz CT molecular complexity index is 926. The first kappa shape index (κ1) is 20.0. The van der Waals surface area contributed by atoms with Crippen LogP contribution in [0.25, 0.3) is 0 Å². The number of carboxylic acids is 1. The molecule has 4 atom stereocenters. The molecule has 2 aliphatic rings. The molecule has 1 fully saturated rings. The first-order valence-electron chi connectivity index (χ1n) is 9.73. The Morgan fingerprint density at radius 1 is 1.00 bits per heavy atom. The number of hydrogen-bond donors (Lipinski definition) is 1. The molecule has 0 saturated carbocycles. The second-order valence-corrected chi connectivity index (χ2v) is 7.32. The van der Waals surface area contributed by atoms with Crippen molar-refractivity contribution < 1.29 is 28.9 Å². The zero-order valence-corrected chi connectivity index (χ0v) is 16.5. The average Bonchev–Trinajstić information content (AvgIpc) is 3.38. The molecule has 0 spiro atoms. The van der Waals surface area contributed by atoms with Crippen molar-refractivity contribution in [2.75, 3.05) is 7.11 Å². The largest absolute Gasteiger partial charge is 0.497 e. The number of carbonyl (C=O) groups is 2. The van der Waals surface area contributed by atoms with Gasteiger partial charge in [-0.2, -0.15) is 0 Å². The van der Waals surface area contributed by atoms with Gasteiger partial charge < -0.3 is 19.3 Å². The number of carbonyl (C=O) groups excluding carboxylic acids is 1. The van der Waals surface area contributed by atoms with E-state index >= 15 is 0 Å². The van der Waals surface area contributed by atoms with E-state index in [1.165, 1.54) is 4.90 Å². The van der Waals surface area contributed by atoms with E-state index in [4.69, 9.17) is 14.2 Å². The van der Waals surface area contributed by atoms with E-state index in [1.807, 2.05) is 48.5 Å². The van der Waals surface area contributed by atoms with Crippen LogP contribution in [-0.4, -0.2) is 47.4 Å². The molecule has 1 N–H and O–H groups in total. The average molecular weight is 409 g/mol. The quantitative estimate of drug-likeness (QED) is 0.707. The minimum absolute atomic E-state index is 0.0728. The Hall–Kier alpha value is -3.32. The van der Waals surface area contributed by atoms with E-state index < -0.39 is 36.2 Å². The number of methoxy groups -OCH3 is 1. The molecule has 156 valence electrons. The van der Waals surface area contributed by atoms with Crippen LogP contribution in [0, 0.1) is 5.92 Å². The van der Waals surface area contributed by atoms with Gasteiger partial charge >= 0.3 is 12.1 Å². The molecule has 2 bridgehead atoms. The van der Waals surface area contributed by atoms with Crippen LogP contribution >= 0.6 is 0 Å². The molecule has 1 amide bonds. The number of ether oxygens (including phenoxy) is 3. The molecule has 1 saturated heterocycles. The SMILES string of the molecule is COc1ccc(COC(=O)N(Cc2ccccc2)[C@@H]2[C@@H](C(=O)O)[C@H]3C=C[C@@H]2O3)cc1. The topological polar surface area (TPSA) is 85.3 Å². The fourth-order valence-corrected chi connectivity index (χ4v) is 3.97. The number of amides is 1. The van der Waals surface area contributed by atoms with Crippen molar-refractivity contribution in [1.82, 2.24) is 4.90 Å². The highest BCUT2D eigenvalue weighted by Gasteiger charge is 2.53. The van der Waals surface area contributed by atoms with Crippen LogP contribution < -0.4 is 4.74 Å². The van der Waals surface area contributed by atoms with Gasteiger partial charge in [0.25, 0.3) is 0 Å². The van der Waals surface area contributed by atoms with Crippen molar-refractivity contribution in [2.24, 2.45) is 5.92 Å². The van der Waals surface area contributed by atoms with Crippen molar-refractivity contribution in [3.63, 3.8) is 0 Å². The van der Waals surface area contributed by atoms with E-state index in [0.29, 0.717) is 5.75 Å². The molecular weight excluding hydrogens is 386 g/mol. The summed E-state index contributed by atoms with van der Waals surface area (Å²) in [6.45, 7) is 0.306. The third-order valence-electron chi connectivity index (χ3n) is 5.46. The van der Waals surface area contributed by atoms with E-state index in [-0.39, 0.29) is 13.2 Å². The summed E-state index contributed by atoms with van der Waals surface area (Å²) in [5, 5.41) is 9.76. The second-order valence-electron chi connectivity index (χ2n) is 7.32. The fourth-order valence-electron chi connectivity index (χ4n) is 3.97. The maximum atomic E-state index is 13.1. The number of hydrogen-bond acceptors (Lipinski definition) is 5. The minimum Gasteiger partial charge on any atom is -0.497 e. The minimum atomic E-state index is -0.988. The van der Waals surface area contributed by atoms with Gasteiger partial charge in [0, 0.05) is 6.54 Å². The normalized spacial score (nSPS) is 23.9. The lowest BCUT2D eigenvalue weighted by atomic mass is 9.88. The fraction of sp³-hybridized carbons (Fsp3) is 0.304. The van der Waals surface area contributed by atoms with Crippen LogP contribution in [0.2, 0.25) is 0 Å². The lowest BCUT2D eigenvalue weighted by Gasteiger charge is -2.33. The van der Waals surface area contributed by atoms with Gasteiger partial charge in [-0.05, 0) is 23.3 Å². The summed E-state index contributed by atoms with van der Waals surface area (Å²) < 4.78 is 16.5. The molecule has 0 aliphatic carbocycles. The van der Waals surface area contributed by atoms with Crippen molar-refractivity contribution in [3.05, 3.63) is 77.9 Å². The molecule has 0 unspecified atom stereocenters. The van der Waals surface area contributed by atoms with Crippen LogP contribution in [-0.2, 0) is 27.4 Å². The van der Waals surface area contributed by atoms with Gasteiger partial charge in [0.1, 0.15) is 18.3 Å². The maximum Gasteiger partial charge on any atom is 0.410 e. The molecular formula is C23H23NO6. The van der Waals surface area contributed by atoms with Gasteiger partial charge in [-0.15, -0.1) is 0 Å². The van der Waals surface area contributed by atoms with Crippen LogP contribution in [0.5, 0.6) is 5.75 Å². The molecule has 0 aromatic heterocycles. The summed E-state index contributed by atoms with van der Waals surface area (Å²) in [5.41, 5.74) is 1.69. The Morgan fingerprint density at radius 3 is 2.37 bits per heavy atom. The summed E-state index contributed by atoms with van der Waals surface area (Å²) >= 11 is 0. The summed E-state index contributed by atoms with van der Waals surface area (Å²) in [4.78, 5) is 26.5. The van der Waals surface area contributed by atoms with E-state index in [1.54, 1.807) is 25.3 Å². The van der Waals surface area contributed by atoms with E-state index in [0.717, 1.165) is 11.1 Å². The first-order chi connectivity index (χ1) is 14.6. The van der Waals surface area contributed by atoms with Crippen LogP contribution in [0.3, 0.4) is 0 Å². The van der Waals surface area contributed by atoms with Crippen molar-refractivity contribution in [1.29, 1.82) is 0 Å². The molecule has 7 heteroatoms. The predicted molar refractivity (Wildman–Crippen MR) is 108 cm³/mol. The van der Waals surface area contributed by atoms with E-state index in [2.05, 4.69) is 0 Å². The first-order valence-corrected chi connectivity index (χ1v) is 9.73. The third-order valence-corrected chi connectivity index (χ3v) is 5.46. The molecule has 4 rings (SSSR count). The summed E-state index contributed by atoms with van der Waals surface area (Å²) in [6.07, 6.45) is 2.00. The Balaban J connectivity index is 1.54. The van der Waals surface area contributed by atoms with Gasteiger partial charge in [0.15, 0.2) is 0 Å². The van der Waals surface area contributed by atoms with Gasteiger partial charge in [-0.25, -0.2) is 4.79 Å². The zero-order valence-electron chi connectivity index (χ0n) is 16.5. The predicted octanol–water partition coefficient (Wildman–Crippen LogP) is 3.24. The summed E-state index contributed by atoms with van der Waals surface area (Å²) in [6, 6.07) is 16.0. The van der Waals surface area contributed by atoms with Crippen LogP contribution in [0.4, 0.5) is 4.79 Å². The highest BCUT2D eigenvalue weighted by molar-refractivity contribution is 5.76. The third kappa shape index (κ3) is 4.02. The van der Waals surface area contributed by atoms with Crippen molar-refractivity contribution in [3.8, 4) is 5.75 Å². The maximum absolute atomic E-state index is 13.1. The zero-order chi connectivity index (χ0) is 21.1. The molecule has 2 aromatic carbocycles. The monoisotopic (exact) mass is 409 g/mol. The number of nitrogens with zero attached hydrogens (tertiary/aromatic N) is 1. The molecule has 30 heavy (non-hydrogen) atoms. The molecule has 2 aliphatic heterocycles. The molecule has 2 aromatic rings. The van der Waals surface area contributed by atoms with Crippen LogP contribution in [0.1, 0.15) is 11.1 Å². The number of benzene rings is 2. The lowest BCUT2D eigenvalue weighted by Crippen LogP contribution is -2.50. The van der Waals surface area contributed by atoms with Crippen molar-refractivity contribution in [2.45, 2.75) is 31.4 Å². The Kier molecular flexibility index (Phi) is 5.72. The highest BCUT2D eigenvalue weighted by Crippen LogP contribution is 2.38. The Morgan fingerprint density at radius 2 is 1.70 bits per heavy atom. The number of aliphatic carboxylic acids is 1. The highest BCUT2D eigenvalue weighted by atomic mass is 16.6. The smallest absolute Gasteiger partial charge is 0.410 e. The lowest BCUT2D eigenvalue weighted by molar-refractivity contribution is -0.144. The van der Waals surface area contributed by atoms with Gasteiger partial charge in [-0.3, -0.25) is 9.69 Å². The van der Waals surface area contributed by atoms with Gasteiger partial charge in [0.05, 0.1) is 25.4 Å². The molecule has 7 nitrogen and oxygen atoms in total. The summed E-state index contributed by atoms with van der Waals surface area (Å²) in [7, 11) is 1.58. The van der Waals surface area contributed by atoms with E-state index in [9.17, 15) is 14.7 Å². The standard InChI is InChI=1S/C23H23NO6/c1-28-17-9-7-16(8-10-17)14-29-23(27)24(13-15-5-3-2-4-6-15)21-19-12-11-18(30-19)20(21)22(25)26/h2-12,18-21H,13-14H2,1H3,(H,25,26)/t18-,19+,20+,21+/m1/s1. The molecule has 0 radical (unpaired) electrons. The molecule has 2 heterocycles. The summed E-state index contributed by atoms with van der Waals surface area (Å²) in [5.74, 6) is -1.11. The second kappa shape index (κ2) is 8.59. The van der Waals surface area contributed by atoms with Crippen molar-refractivity contribution >= 4 is 12.1 Å². The number of fused-ring (bicyclic) bond motifs is 2. The number of rotatable bonds is 7. The van der Waals surface area contributed by atoms with Crippen LogP contribution in [0.15, 0.2) is 66.7 Å². The van der Waals surface area contributed by atoms with Gasteiger partial charge in [-0.1, -0.05) is 54.6 Å². The Labute approximate surface area is 174 Å². The number of carboxylic acid groups (broad SMARTS) is 1.